The van der Waals surface area contributed by atoms with Gasteiger partial charge in [0, 0.05) is 5.56 Å². The van der Waals surface area contributed by atoms with E-state index in [0.29, 0.717) is 0 Å². The Balaban J connectivity index is 2.60. The van der Waals surface area contributed by atoms with Gasteiger partial charge in [-0.3, -0.25) is 0 Å². The highest BCUT2D eigenvalue weighted by atomic mass is 35.5. The normalized spacial score (nSPS) is 12.5. The van der Waals surface area contributed by atoms with Crippen LogP contribution in [0.25, 0.3) is 0 Å². The first kappa shape index (κ1) is 15.9. The van der Waals surface area contributed by atoms with Crippen LogP contribution in [-0.4, -0.2) is 7.05 Å². The fourth-order valence-corrected chi connectivity index (χ4v) is 2.68. The number of benzene rings is 2. The standard InChI is InChI=1S/C17H18ClF2N/c1-9-5-11(3)12(6-10(9)2)17(21-4)13-7-16(20)14(18)8-15(13)19/h5-8,17,21H,1-4H3. The molecule has 0 saturated carbocycles. The average Bonchev–Trinajstić information content (AvgIpc) is 2.42. The fourth-order valence-electron chi connectivity index (χ4n) is 2.53. The van der Waals surface area contributed by atoms with Crippen LogP contribution in [0.4, 0.5) is 8.78 Å². The van der Waals surface area contributed by atoms with Crippen LogP contribution in [0.15, 0.2) is 24.3 Å². The van der Waals surface area contributed by atoms with Crippen molar-refractivity contribution in [2.75, 3.05) is 7.05 Å². The summed E-state index contributed by atoms with van der Waals surface area (Å²) >= 11 is 5.62. The molecule has 0 spiro atoms. The van der Waals surface area contributed by atoms with Crippen molar-refractivity contribution in [2.45, 2.75) is 26.8 Å². The molecule has 1 atom stereocenters. The number of nitrogens with one attached hydrogen (secondary N) is 1. The largest absolute Gasteiger partial charge is 0.309 e. The lowest BCUT2D eigenvalue weighted by atomic mass is 9.91. The molecule has 0 fully saturated rings. The van der Waals surface area contributed by atoms with Gasteiger partial charge >= 0.3 is 0 Å². The maximum atomic E-state index is 14.2. The van der Waals surface area contributed by atoms with E-state index >= 15 is 0 Å². The number of aryl methyl sites for hydroxylation is 3. The van der Waals surface area contributed by atoms with Gasteiger partial charge in [0.05, 0.1) is 11.1 Å². The molecule has 4 heteroatoms. The van der Waals surface area contributed by atoms with Crippen molar-refractivity contribution in [3.8, 4) is 0 Å². The van der Waals surface area contributed by atoms with Gasteiger partial charge in [0.15, 0.2) is 0 Å². The van der Waals surface area contributed by atoms with Crippen molar-refractivity contribution in [2.24, 2.45) is 0 Å². The summed E-state index contributed by atoms with van der Waals surface area (Å²) in [7, 11) is 1.73. The van der Waals surface area contributed by atoms with Crippen molar-refractivity contribution < 1.29 is 8.78 Å². The van der Waals surface area contributed by atoms with Crippen LogP contribution in [0.5, 0.6) is 0 Å². The number of hydrogen-bond acceptors (Lipinski definition) is 1. The van der Waals surface area contributed by atoms with Gasteiger partial charge in [-0.1, -0.05) is 23.7 Å². The van der Waals surface area contributed by atoms with Crippen LogP contribution < -0.4 is 5.32 Å². The van der Waals surface area contributed by atoms with E-state index in [1.807, 2.05) is 26.8 Å². The summed E-state index contributed by atoms with van der Waals surface area (Å²) in [6.07, 6.45) is 0. The summed E-state index contributed by atoms with van der Waals surface area (Å²) in [6, 6.07) is 5.83. The third-order valence-electron chi connectivity index (χ3n) is 3.83. The molecule has 0 radical (unpaired) electrons. The van der Waals surface area contributed by atoms with E-state index in [0.717, 1.165) is 28.8 Å². The Morgan fingerprint density at radius 1 is 0.857 bits per heavy atom. The Hall–Kier alpha value is -1.45. The highest BCUT2D eigenvalue weighted by molar-refractivity contribution is 6.30. The monoisotopic (exact) mass is 309 g/mol. The van der Waals surface area contributed by atoms with Crippen molar-refractivity contribution in [1.29, 1.82) is 0 Å². The molecule has 0 heterocycles. The predicted octanol–water partition coefficient (Wildman–Crippen LogP) is 4.85. The van der Waals surface area contributed by atoms with Gasteiger partial charge in [-0.2, -0.15) is 0 Å². The molecule has 21 heavy (non-hydrogen) atoms. The topological polar surface area (TPSA) is 12.0 Å². The van der Waals surface area contributed by atoms with Gasteiger partial charge in [-0.25, -0.2) is 8.78 Å². The van der Waals surface area contributed by atoms with Crippen molar-refractivity contribution in [3.05, 3.63) is 68.7 Å². The fraction of sp³-hybridized carbons (Fsp3) is 0.294. The van der Waals surface area contributed by atoms with Gasteiger partial charge in [0.1, 0.15) is 11.6 Å². The number of halogens is 3. The van der Waals surface area contributed by atoms with E-state index in [1.54, 1.807) is 7.05 Å². The van der Waals surface area contributed by atoms with Gasteiger partial charge in [-0.15, -0.1) is 0 Å². The summed E-state index contributed by atoms with van der Waals surface area (Å²) in [5, 5.41) is 2.85. The molecule has 0 saturated heterocycles. The molecule has 1 N–H and O–H groups in total. The molecule has 2 aromatic carbocycles. The van der Waals surface area contributed by atoms with E-state index in [4.69, 9.17) is 11.6 Å². The second kappa shape index (κ2) is 6.12. The Bertz CT molecular complexity index is 625. The molecule has 112 valence electrons. The molecule has 0 amide bonds. The molecule has 2 aromatic rings. The number of rotatable bonds is 3. The SMILES string of the molecule is CNC(c1cc(C)c(C)cc1C)c1cc(F)c(Cl)cc1F. The van der Waals surface area contributed by atoms with Gasteiger partial charge in [-0.05, 0) is 62.2 Å². The second-order valence-corrected chi connectivity index (χ2v) is 5.71. The summed E-state index contributed by atoms with van der Waals surface area (Å²) in [6.45, 7) is 6.00. The lowest BCUT2D eigenvalue weighted by molar-refractivity contribution is 0.557. The minimum atomic E-state index is -0.616. The van der Waals surface area contributed by atoms with Crippen molar-refractivity contribution in [3.63, 3.8) is 0 Å². The molecule has 1 unspecified atom stereocenters. The summed E-state index contributed by atoms with van der Waals surface area (Å²) in [5.41, 5.74) is 4.51. The van der Waals surface area contributed by atoms with Crippen LogP contribution in [0.3, 0.4) is 0 Å². The Morgan fingerprint density at radius 2 is 1.48 bits per heavy atom. The minimum absolute atomic E-state index is 0.206. The van der Waals surface area contributed by atoms with Crippen LogP contribution in [0.2, 0.25) is 5.02 Å². The second-order valence-electron chi connectivity index (χ2n) is 5.30. The molecular formula is C17H18ClF2N. The molecule has 0 aliphatic heterocycles. The van der Waals surface area contributed by atoms with Crippen LogP contribution in [0, 0.1) is 32.4 Å². The van der Waals surface area contributed by atoms with E-state index < -0.39 is 17.7 Å². The molecule has 0 aliphatic rings. The van der Waals surface area contributed by atoms with Gasteiger partial charge in [0.25, 0.3) is 0 Å². The van der Waals surface area contributed by atoms with E-state index in [-0.39, 0.29) is 10.6 Å². The van der Waals surface area contributed by atoms with Crippen LogP contribution in [-0.2, 0) is 0 Å². The lowest BCUT2D eigenvalue weighted by Crippen LogP contribution is -2.20. The molecule has 0 bridgehead atoms. The van der Waals surface area contributed by atoms with Crippen molar-refractivity contribution >= 4 is 11.6 Å². The zero-order valence-electron chi connectivity index (χ0n) is 12.5. The summed E-state index contributed by atoms with van der Waals surface area (Å²) in [5.74, 6) is -1.13. The van der Waals surface area contributed by atoms with E-state index in [1.165, 1.54) is 5.56 Å². The Labute approximate surface area is 128 Å². The lowest BCUT2D eigenvalue weighted by Gasteiger charge is -2.21. The average molecular weight is 310 g/mol. The summed E-state index contributed by atoms with van der Waals surface area (Å²) < 4.78 is 27.9. The third-order valence-corrected chi connectivity index (χ3v) is 4.12. The third kappa shape index (κ3) is 3.09. The molecule has 0 aliphatic carbocycles. The van der Waals surface area contributed by atoms with Gasteiger partial charge < -0.3 is 5.32 Å². The Kier molecular flexibility index (Phi) is 4.64. The first-order valence-electron chi connectivity index (χ1n) is 6.74. The minimum Gasteiger partial charge on any atom is -0.309 e. The van der Waals surface area contributed by atoms with E-state index in [2.05, 4.69) is 11.4 Å². The Morgan fingerprint density at radius 3 is 2.10 bits per heavy atom. The first-order valence-corrected chi connectivity index (χ1v) is 7.12. The van der Waals surface area contributed by atoms with Crippen LogP contribution >= 0.6 is 11.6 Å². The molecule has 2 rings (SSSR count). The summed E-state index contributed by atoms with van der Waals surface area (Å²) in [4.78, 5) is 0. The highest BCUT2D eigenvalue weighted by Crippen LogP contribution is 2.31. The quantitative estimate of drug-likeness (QED) is 0.799. The zero-order valence-corrected chi connectivity index (χ0v) is 13.3. The maximum Gasteiger partial charge on any atom is 0.142 e. The first-order chi connectivity index (χ1) is 9.85. The molecular weight excluding hydrogens is 292 g/mol. The predicted molar refractivity (Wildman–Crippen MR) is 82.9 cm³/mol. The maximum absolute atomic E-state index is 14.2. The zero-order chi connectivity index (χ0) is 15.7. The van der Waals surface area contributed by atoms with Crippen LogP contribution in [0.1, 0.15) is 33.9 Å². The van der Waals surface area contributed by atoms with Gasteiger partial charge in [0.2, 0.25) is 0 Å². The van der Waals surface area contributed by atoms with E-state index in [9.17, 15) is 8.78 Å². The van der Waals surface area contributed by atoms with Crippen molar-refractivity contribution in [1.82, 2.24) is 5.32 Å². The number of hydrogen-bond donors (Lipinski definition) is 1. The highest BCUT2D eigenvalue weighted by Gasteiger charge is 2.20. The molecule has 0 aromatic heterocycles. The molecule has 1 nitrogen and oxygen atoms in total. The smallest absolute Gasteiger partial charge is 0.142 e.